The second-order valence-electron chi connectivity index (χ2n) is 4.13. The van der Waals surface area contributed by atoms with E-state index in [1.807, 2.05) is 0 Å². The lowest BCUT2D eigenvalue weighted by Gasteiger charge is -2.29. The van der Waals surface area contributed by atoms with E-state index in [1.165, 1.54) is 0 Å². The molecular weight excluding hydrogens is 196 g/mol. The molecule has 0 bridgehead atoms. The van der Waals surface area contributed by atoms with Gasteiger partial charge in [0, 0.05) is 25.6 Å². The molecule has 82 valence electrons. The van der Waals surface area contributed by atoms with Crippen LogP contribution in [0, 0.1) is 0 Å². The Hall–Kier alpha value is -1.14. The van der Waals surface area contributed by atoms with E-state index in [9.17, 15) is 4.79 Å². The van der Waals surface area contributed by atoms with Crippen LogP contribution >= 0.6 is 0 Å². The molecule has 0 aliphatic carbocycles. The van der Waals surface area contributed by atoms with Crippen molar-refractivity contribution in [2.75, 3.05) is 26.3 Å². The van der Waals surface area contributed by atoms with Crippen LogP contribution < -0.4 is 11.0 Å². The highest BCUT2D eigenvalue weighted by Gasteiger charge is 2.29. The van der Waals surface area contributed by atoms with Crippen molar-refractivity contribution in [1.29, 1.82) is 0 Å². The molecular formula is C9H14N4O2. The lowest BCUT2D eigenvalue weighted by atomic mass is 10.1. The van der Waals surface area contributed by atoms with Crippen LogP contribution in [0.3, 0.4) is 0 Å². The first-order valence-electron chi connectivity index (χ1n) is 5.31. The van der Waals surface area contributed by atoms with Crippen LogP contribution in [0.4, 0.5) is 0 Å². The summed E-state index contributed by atoms with van der Waals surface area (Å²) in [6.07, 6.45) is 0.963. The van der Waals surface area contributed by atoms with Gasteiger partial charge in [0.25, 0.3) is 0 Å². The SMILES string of the molecule is O=c1[nH]nc([C@H]2CCOC2)n1C1CNC1. The largest absolute Gasteiger partial charge is 0.381 e. The van der Waals surface area contributed by atoms with Gasteiger partial charge >= 0.3 is 5.69 Å². The minimum atomic E-state index is -0.0941. The van der Waals surface area contributed by atoms with Crippen molar-refractivity contribution in [3.8, 4) is 0 Å². The predicted molar refractivity (Wildman–Crippen MR) is 52.9 cm³/mol. The second kappa shape index (κ2) is 3.46. The number of nitrogens with one attached hydrogen (secondary N) is 2. The fourth-order valence-corrected chi connectivity index (χ4v) is 2.15. The summed E-state index contributed by atoms with van der Waals surface area (Å²) < 4.78 is 7.11. The zero-order valence-corrected chi connectivity index (χ0v) is 8.40. The molecule has 2 N–H and O–H groups in total. The maximum absolute atomic E-state index is 11.6. The van der Waals surface area contributed by atoms with E-state index in [1.54, 1.807) is 4.57 Å². The van der Waals surface area contributed by atoms with Gasteiger partial charge in [0.1, 0.15) is 5.82 Å². The standard InChI is InChI=1S/C9H14N4O2/c14-9-12-11-8(6-1-2-15-5-6)13(9)7-3-10-4-7/h6-7,10H,1-5H2,(H,12,14)/t6-/m0/s1. The number of nitrogens with zero attached hydrogens (tertiary/aromatic N) is 2. The molecule has 0 unspecified atom stereocenters. The van der Waals surface area contributed by atoms with Gasteiger partial charge in [-0.2, -0.15) is 5.10 Å². The summed E-state index contributed by atoms with van der Waals surface area (Å²) in [6.45, 7) is 3.18. The Morgan fingerprint density at radius 2 is 2.33 bits per heavy atom. The summed E-state index contributed by atoms with van der Waals surface area (Å²) in [5, 5.41) is 9.82. The fraction of sp³-hybridized carbons (Fsp3) is 0.778. The zero-order chi connectivity index (χ0) is 10.3. The Bertz CT molecular complexity index is 400. The Kier molecular flexibility index (Phi) is 2.10. The van der Waals surface area contributed by atoms with Crippen LogP contribution in [0.2, 0.25) is 0 Å². The van der Waals surface area contributed by atoms with Gasteiger partial charge in [0.15, 0.2) is 0 Å². The molecule has 0 amide bonds. The molecule has 3 rings (SSSR count). The third kappa shape index (κ3) is 1.40. The molecule has 0 saturated carbocycles. The minimum absolute atomic E-state index is 0.0941. The van der Waals surface area contributed by atoms with Crippen LogP contribution in [0.5, 0.6) is 0 Å². The van der Waals surface area contributed by atoms with Crippen molar-refractivity contribution in [2.45, 2.75) is 18.4 Å². The molecule has 1 aromatic heterocycles. The number of aromatic amines is 1. The van der Waals surface area contributed by atoms with E-state index < -0.39 is 0 Å². The lowest BCUT2D eigenvalue weighted by Crippen LogP contribution is -2.47. The van der Waals surface area contributed by atoms with Crippen molar-refractivity contribution in [3.63, 3.8) is 0 Å². The summed E-state index contributed by atoms with van der Waals surface area (Å²) >= 11 is 0. The average Bonchev–Trinajstić information content (AvgIpc) is 2.74. The van der Waals surface area contributed by atoms with E-state index in [4.69, 9.17) is 4.74 Å². The summed E-state index contributed by atoms with van der Waals surface area (Å²) in [5.74, 6) is 1.15. The first kappa shape index (κ1) is 9.11. The van der Waals surface area contributed by atoms with E-state index in [2.05, 4.69) is 15.5 Å². The van der Waals surface area contributed by atoms with Gasteiger partial charge in [-0.25, -0.2) is 9.89 Å². The highest BCUT2D eigenvalue weighted by molar-refractivity contribution is 5.02. The topological polar surface area (TPSA) is 71.9 Å². The van der Waals surface area contributed by atoms with Crippen molar-refractivity contribution in [1.82, 2.24) is 20.1 Å². The van der Waals surface area contributed by atoms with Crippen molar-refractivity contribution in [2.24, 2.45) is 0 Å². The van der Waals surface area contributed by atoms with Gasteiger partial charge in [-0.15, -0.1) is 0 Å². The molecule has 15 heavy (non-hydrogen) atoms. The van der Waals surface area contributed by atoms with E-state index in [0.717, 1.165) is 31.9 Å². The fourth-order valence-electron chi connectivity index (χ4n) is 2.15. The van der Waals surface area contributed by atoms with Gasteiger partial charge in [0.05, 0.1) is 12.6 Å². The molecule has 2 aliphatic heterocycles. The second-order valence-corrected chi connectivity index (χ2v) is 4.13. The molecule has 0 spiro atoms. The average molecular weight is 210 g/mol. The maximum Gasteiger partial charge on any atom is 0.343 e. The number of aromatic nitrogens is 3. The molecule has 0 aromatic carbocycles. The number of hydrogen-bond acceptors (Lipinski definition) is 4. The smallest absolute Gasteiger partial charge is 0.343 e. The quantitative estimate of drug-likeness (QED) is 0.671. The molecule has 6 nitrogen and oxygen atoms in total. The van der Waals surface area contributed by atoms with Crippen LogP contribution in [-0.4, -0.2) is 41.1 Å². The zero-order valence-electron chi connectivity index (χ0n) is 8.40. The first-order chi connectivity index (χ1) is 7.36. The number of hydrogen-bond donors (Lipinski definition) is 2. The monoisotopic (exact) mass is 210 g/mol. The predicted octanol–water partition coefficient (Wildman–Crippen LogP) is -0.780. The van der Waals surface area contributed by atoms with Gasteiger partial charge < -0.3 is 10.1 Å². The highest BCUT2D eigenvalue weighted by Crippen LogP contribution is 2.24. The van der Waals surface area contributed by atoms with Crippen molar-refractivity contribution >= 4 is 0 Å². The molecule has 0 radical (unpaired) electrons. The summed E-state index contributed by atoms with van der Waals surface area (Å²) in [5.41, 5.74) is -0.0941. The molecule has 2 fully saturated rings. The van der Waals surface area contributed by atoms with E-state index in [-0.39, 0.29) is 17.6 Å². The first-order valence-corrected chi connectivity index (χ1v) is 5.31. The number of H-pyrrole nitrogens is 1. The van der Waals surface area contributed by atoms with Crippen LogP contribution in [0.15, 0.2) is 4.79 Å². The third-order valence-corrected chi connectivity index (χ3v) is 3.15. The summed E-state index contributed by atoms with van der Waals surface area (Å²) in [6, 6.07) is 0.270. The summed E-state index contributed by atoms with van der Waals surface area (Å²) in [4.78, 5) is 11.6. The van der Waals surface area contributed by atoms with Crippen LogP contribution in [-0.2, 0) is 4.74 Å². The molecule has 3 heterocycles. The van der Waals surface area contributed by atoms with Crippen molar-refractivity contribution in [3.05, 3.63) is 16.3 Å². The summed E-state index contributed by atoms with van der Waals surface area (Å²) in [7, 11) is 0. The van der Waals surface area contributed by atoms with E-state index in [0.29, 0.717) is 6.61 Å². The van der Waals surface area contributed by atoms with Crippen LogP contribution in [0.1, 0.15) is 24.2 Å². The third-order valence-electron chi connectivity index (χ3n) is 3.15. The Balaban J connectivity index is 1.95. The van der Waals surface area contributed by atoms with Gasteiger partial charge in [-0.05, 0) is 6.42 Å². The number of rotatable bonds is 2. The number of ether oxygens (including phenoxy) is 1. The normalized spacial score (nSPS) is 26.8. The van der Waals surface area contributed by atoms with Crippen LogP contribution in [0.25, 0.3) is 0 Å². The van der Waals surface area contributed by atoms with Gasteiger partial charge in [-0.3, -0.25) is 4.57 Å². The van der Waals surface area contributed by atoms with Crippen molar-refractivity contribution < 1.29 is 4.74 Å². The van der Waals surface area contributed by atoms with Gasteiger partial charge in [-0.1, -0.05) is 0 Å². The maximum atomic E-state index is 11.6. The molecule has 2 saturated heterocycles. The Labute approximate surface area is 86.6 Å². The molecule has 1 atom stereocenters. The lowest BCUT2D eigenvalue weighted by molar-refractivity contribution is 0.191. The Morgan fingerprint density at radius 1 is 1.47 bits per heavy atom. The highest BCUT2D eigenvalue weighted by atomic mass is 16.5. The molecule has 1 aromatic rings. The Morgan fingerprint density at radius 3 is 2.93 bits per heavy atom. The van der Waals surface area contributed by atoms with Gasteiger partial charge in [0.2, 0.25) is 0 Å². The van der Waals surface area contributed by atoms with E-state index >= 15 is 0 Å². The molecule has 6 heteroatoms. The molecule has 2 aliphatic rings. The minimum Gasteiger partial charge on any atom is -0.381 e.